The second-order valence-corrected chi connectivity index (χ2v) is 14.1. The molecule has 1 N–H and O–H groups in total. The molecule has 0 heterocycles. The van der Waals surface area contributed by atoms with Gasteiger partial charge in [0.1, 0.15) is 5.75 Å². The van der Waals surface area contributed by atoms with Crippen molar-refractivity contribution in [1.29, 1.82) is 0 Å². The molecule has 0 unspecified atom stereocenters. The molecule has 0 fully saturated rings. The summed E-state index contributed by atoms with van der Waals surface area (Å²) in [5.74, 6) is 0.835. The van der Waals surface area contributed by atoms with Crippen LogP contribution in [0.4, 0.5) is 0 Å². The molecule has 2 nitrogen and oxygen atoms in total. The lowest BCUT2D eigenvalue weighted by molar-refractivity contribution is 0.282. The van der Waals surface area contributed by atoms with Gasteiger partial charge in [-0.2, -0.15) is 0 Å². The normalized spacial score (nSPS) is 12.0. The van der Waals surface area contributed by atoms with Crippen molar-refractivity contribution in [1.82, 2.24) is 0 Å². The van der Waals surface area contributed by atoms with Crippen LogP contribution in [0.1, 0.15) is 61.2 Å². The van der Waals surface area contributed by atoms with Gasteiger partial charge in [0.15, 0.2) is 0 Å². The van der Waals surface area contributed by atoms with Gasteiger partial charge in [-0.15, -0.1) is 0 Å². The lowest BCUT2D eigenvalue weighted by Crippen LogP contribution is -1.99. The van der Waals surface area contributed by atoms with Crippen LogP contribution in [0.25, 0.3) is 22.3 Å². The standard InChI is InChI=1S/C55H44O2/c1-57-51-36-34-50(35-37-51)55(46-20-12-5-13-21-46)53(44-16-8-3-9-17-44)48-30-24-41(25-31-48)38-40-22-28-47(29-23-40)52(43-14-6-2-7-15-43)54(45-18-10-4-11-19-45)49-32-26-42(39-56)27-33-49/h2-37,56H,38-39H2,1H3/b54-52-,55-53-. The average molecular weight is 737 g/mol. The van der Waals surface area contributed by atoms with E-state index in [1.54, 1.807) is 7.11 Å². The second-order valence-electron chi connectivity index (χ2n) is 14.1. The Bertz CT molecular complexity index is 2390. The Morgan fingerprint density at radius 1 is 0.316 bits per heavy atom. The lowest BCUT2D eigenvalue weighted by atomic mass is 9.85. The largest absolute Gasteiger partial charge is 0.497 e. The molecule has 0 bridgehead atoms. The fourth-order valence-electron chi connectivity index (χ4n) is 7.59. The van der Waals surface area contributed by atoms with Crippen LogP contribution in [0.3, 0.4) is 0 Å². The SMILES string of the molecule is COc1ccc(/C(=C(/c2ccccc2)c2ccc(Cc3ccc(/C(=C(/c4ccccc4)c4ccc(CO)cc4)c4ccccc4)cc3)cc2)c2ccccc2)cc1. The summed E-state index contributed by atoms with van der Waals surface area (Å²) in [5, 5.41) is 9.77. The third kappa shape index (κ3) is 8.48. The number of hydrogen-bond donors (Lipinski definition) is 1. The van der Waals surface area contributed by atoms with Crippen LogP contribution in [-0.4, -0.2) is 12.2 Å². The first kappa shape index (κ1) is 36.9. The molecule has 57 heavy (non-hydrogen) atoms. The van der Waals surface area contributed by atoms with Crippen LogP contribution >= 0.6 is 0 Å². The van der Waals surface area contributed by atoms with E-state index in [0.717, 1.165) is 67.8 Å². The molecule has 0 aromatic heterocycles. The maximum atomic E-state index is 9.77. The number of methoxy groups -OCH3 is 1. The zero-order valence-electron chi connectivity index (χ0n) is 32.1. The molecular weight excluding hydrogens is 693 g/mol. The molecule has 8 aromatic carbocycles. The maximum absolute atomic E-state index is 9.77. The fourth-order valence-corrected chi connectivity index (χ4v) is 7.59. The van der Waals surface area contributed by atoms with Crippen LogP contribution in [0.15, 0.2) is 218 Å². The predicted octanol–water partition coefficient (Wildman–Crippen LogP) is 12.8. The lowest BCUT2D eigenvalue weighted by Gasteiger charge is -2.19. The summed E-state index contributed by atoms with van der Waals surface area (Å²) in [6, 6.07) is 77.3. The van der Waals surface area contributed by atoms with Crippen molar-refractivity contribution < 1.29 is 9.84 Å². The molecule has 0 amide bonds. The van der Waals surface area contributed by atoms with Gasteiger partial charge < -0.3 is 9.84 Å². The van der Waals surface area contributed by atoms with E-state index in [4.69, 9.17) is 4.74 Å². The van der Waals surface area contributed by atoms with E-state index >= 15 is 0 Å². The van der Waals surface area contributed by atoms with E-state index in [1.807, 2.05) is 24.3 Å². The molecule has 276 valence electrons. The minimum atomic E-state index is 0.0176. The quantitative estimate of drug-likeness (QED) is 0.127. The maximum Gasteiger partial charge on any atom is 0.118 e. The molecule has 2 heteroatoms. The van der Waals surface area contributed by atoms with Crippen LogP contribution in [0.2, 0.25) is 0 Å². The summed E-state index contributed by atoms with van der Waals surface area (Å²) in [6.07, 6.45) is 0.813. The molecule has 0 aliphatic carbocycles. The Morgan fingerprint density at radius 2 is 0.561 bits per heavy atom. The van der Waals surface area contributed by atoms with E-state index in [0.29, 0.717) is 0 Å². The van der Waals surface area contributed by atoms with Crippen molar-refractivity contribution in [2.24, 2.45) is 0 Å². The smallest absolute Gasteiger partial charge is 0.118 e. The van der Waals surface area contributed by atoms with Crippen molar-refractivity contribution in [3.05, 3.63) is 280 Å². The van der Waals surface area contributed by atoms with E-state index in [2.05, 4.69) is 194 Å². The van der Waals surface area contributed by atoms with Crippen molar-refractivity contribution in [2.75, 3.05) is 7.11 Å². The number of benzene rings is 8. The first-order chi connectivity index (χ1) is 28.2. The zero-order valence-corrected chi connectivity index (χ0v) is 32.1. The molecule has 8 aromatic rings. The van der Waals surface area contributed by atoms with E-state index < -0.39 is 0 Å². The van der Waals surface area contributed by atoms with Gasteiger partial charge in [0.05, 0.1) is 13.7 Å². The van der Waals surface area contributed by atoms with Gasteiger partial charge in [0.25, 0.3) is 0 Å². The number of ether oxygens (including phenoxy) is 1. The molecule has 8 rings (SSSR count). The van der Waals surface area contributed by atoms with Crippen LogP contribution in [0, 0.1) is 0 Å². The summed E-state index contributed by atoms with van der Waals surface area (Å²) in [5.41, 5.74) is 17.2. The molecule has 0 aliphatic rings. The van der Waals surface area contributed by atoms with Crippen molar-refractivity contribution in [2.45, 2.75) is 13.0 Å². The summed E-state index contributed by atoms with van der Waals surface area (Å²) >= 11 is 0. The van der Waals surface area contributed by atoms with Crippen molar-refractivity contribution in [3.63, 3.8) is 0 Å². The first-order valence-corrected chi connectivity index (χ1v) is 19.4. The molecule has 0 saturated heterocycles. The van der Waals surface area contributed by atoms with Gasteiger partial charge in [-0.3, -0.25) is 0 Å². The highest BCUT2D eigenvalue weighted by Gasteiger charge is 2.18. The number of hydrogen-bond acceptors (Lipinski definition) is 2. The number of aliphatic hydroxyl groups excluding tert-OH is 1. The Morgan fingerprint density at radius 3 is 0.825 bits per heavy atom. The van der Waals surface area contributed by atoms with Crippen LogP contribution < -0.4 is 4.74 Å². The van der Waals surface area contributed by atoms with Gasteiger partial charge in [-0.25, -0.2) is 0 Å². The van der Waals surface area contributed by atoms with E-state index in [1.165, 1.54) is 27.8 Å². The molecule has 0 saturated carbocycles. The Hall–Kier alpha value is -7.00. The Balaban J connectivity index is 1.17. The van der Waals surface area contributed by atoms with E-state index in [-0.39, 0.29) is 6.61 Å². The van der Waals surface area contributed by atoms with Crippen LogP contribution in [-0.2, 0) is 13.0 Å². The van der Waals surface area contributed by atoms with Crippen molar-refractivity contribution >= 4 is 22.3 Å². The Labute approximate surface area is 336 Å². The molecule has 0 aliphatic heterocycles. The minimum absolute atomic E-state index is 0.0176. The minimum Gasteiger partial charge on any atom is -0.497 e. The van der Waals surface area contributed by atoms with Gasteiger partial charge >= 0.3 is 0 Å². The topological polar surface area (TPSA) is 29.5 Å². The monoisotopic (exact) mass is 736 g/mol. The average Bonchev–Trinajstić information content (AvgIpc) is 3.29. The van der Waals surface area contributed by atoms with Gasteiger partial charge in [-0.1, -0.05) is 206 Å². The number of aliphatic hydroxyl groups is 1. The van der Waals surface area contributed by atoms with Crippen LogP contribution in [0.5, 0.6) is 5.75 Å². The summed E-state index contributed by atoms with van der Waals surface area (Å²) < 4.78 is 5.51. The molecular formula is C55H44O2. The zero-order chi connectivity index (χ0) is 38.8. The fraction of sp³-hybridized carbons (Fsp3) is 0.0545. The first-order valence-electron chi connectivity index (χ1n) is 19.4. The highest BCUT2D eigenvalue weighted by molar-refractivity contribution is 6.05. The number of rotatable bonds is 12. The highest BCUT2D eigenvalue weighted by Crippen LogP contribution is 2.39. The third-order valence-corrected chi connectivity index (χ3v) is 10.4. The van der Waals surface area contributed by atoms with Gasteiger partial charge in [0, 0.05) is 0 Å². The highest BCUT2D eigenvalue weighted by atomic mass is 16.5. The second kappa shape index (κ2) is 17.6. The summed E-state index contributed by atoms with van der Waals surface area (Å²) in [7, 11) is 1.70. The van der Waals surface area contributed by atoms with Gasteiger partial charge in [-0.05, 0) is 102 Å². The molecule has 0 spiro atoms. The molecule has 0 atom stereocenters. The van der Waals surface area contributed by atoms with Gasteiger partial charge in [0.2, 0.25) is 0 Å². The third-order valence-electron chi connectivity index (χ3n) is 10.4. The Kier molecular flexibility index (Phi) is 11.4. The predicted molar refractivity (Wildman–Crippen MR) is 237 cm³/mol. The molecule has 0 radical (unpaired) electrons. The summed E-state index contributed by atoms with van der Waals surface area (Å²) in [6.45, 7) is 0.0176. The van der Waals surface area contributed by atoms with Crippen molar-refractivity contribution in [3.8, 4) is 5.75 Å². The summed E-state index contributed by atoms with van der Waals surface area (Å²) in [4.78, 5) is 0. The van der Waals surface area contributed by atoms with E-state index in [9.17, 15) is 5.11 Å².